The molecule has 13 heavy (non-hydrogen) atoms. The standard InChI is InChI=1S/C7H2Cl4N2/c8-6-4(2-12)1-5(3-13-6)7(9,10)11/h1,3H. The maximum absolute atomic E-state index is 8.60. The molecule has 0 atom stereocenters. The molecule has 0 spiro atoms. The van der Waals surface area contributed by atoms with Gasteiger partial charge in [0.2, 0.25) is 3.79 Å². The van der Waals surface area contributed by atoms with Crippen LogP contribution in [0, 0.1) is 11.3 Å². The van der Waals surface area contributed by atoms with Gasteiger partial charge in [-0.1, -0.05) is 46.4 Å². The van der Waals surface area contributed by atoms with Crippen LogP contribution in [0.2, 0.25) is 5.15 Å². The summed E-state index contributed by atoms with van der Waals surface area (Å²) < 4.78 is -1.58. The summed E-state index contributed by atoms with van der Waals surface area (Å²) in [6.45, 7) is 0. The zero-order valence-corrected chi connectivity index (χ0v) is 9.08. The molecule has 0 aliphatic carbocycles. The number of rotatable bonds is 0. The average molecular weight is 256 g/mol. The van der Waals surface area contributed by atoms with Gasteiger partial charge in [-0.05, 0) is 6.07 Å². The van der Waals surface area contributed by atoms with E-state index in [0.29, 0.717) is 5.56 Å². The van der Waals surface area contributed by atoms with E-state index in [0.717, 1.165) is 0 Å². The van der Waals surface area contributed by atoms with Crippen molar-refractivity contribution in [3.8, 4) is 6.07 Å². The molecule has 1 aromatic rings. The zero-order valence-electron chi connectivity index (χ0n) is 6.06. The highest BCUT2D eigenvalue weighted by Crippen LogP contribution is 2.38. The Balaban J connectivity index is 3.24. The van der Waals surface area contributed by atoms with Crippen LogP contribution in [0.25, 0.3) is 0 Å². The molecule has 0 saturated heterocycles. The van der Waals surface area contributed by atoms with Crippen LogP contribution in [-0.4, -0.2) is 4.98 Å². The molecule has 6 heteroatoms. The van der Waals surface area contributed by atoms with Crippen molar-refractivity contribution in [3.63, 3.8) is 0 Å². The highest BCUT2D eigenvalue weighted by molar-refractivity contribution is 6.66. The Hall–Kier alpha value is -0.200. The van der Waals surface area contributed by atoms with E-state index in [1.54, 1.807) is 0 Å². The lowest BCUT2D eigenvalue weighted by Gasteiger charge is -2.10. The van der Waals surface area contributed by atoms with Crippen molar-refractivity contribution in [1.29, 1.82) is 5.26 Å². The number of hydrogen-bond acceptors (Lipinski definition) is 2. The first-order valence-corrected chi connectivity index (χ1v) is 4.59. The summed E-state index contributed by atoms with van der Waals surface area (Å²) in [7, 11) is 0. The normalized spacial score (nSPS) is 11.0. The van der Waals surface area contributed by atoms with E-state index in [4.69, 9.17) is 51.7 Å². The summed E-state index contributed by atoms with van der Waals surface area (Å²) in [6.07, 6.45) is 1.32. The first kappa shape index (κ1) is 10.9. The highest BCUT2D eigenvalue weighted by atomic mass is 35.6. The predicted molar refractivity (Wildman–Crippen MR) is 53.2 cm³/mol. The van der Waals surface area contributed by atoms with Crippen LogP contribution < -0.4 is 0 Å². The van der Waals surface area contributed by atoms with Crippen molar-refractivity contribution in [2.24, 2.45) is 0 Å². The third-order valence-electron chi connectivity index (χ3n) is 1.29. The van der Waals surface area contributed by atoms with Crippen LogP contribution in [-0.2, 0) is 3.79 Å². The monoisotopic (exact) mass is 254 g/mol. The van der Waals surface area contributed by atoms with Crippen molar-refractivity contribution in [2.75, 3.05) is 0 Å². The Morgan fingerprint density at radius 1 is 1.38 bits per heavy atom. The maximum Gasteiger partial charge on any atom is 0.217 e. The van der Waals surface area contributed by atoms with Crippen LogP contribution in [0.1, 0.15) is 11.1 Å². The Labute approximate surface area is 95.0 Å². The molecule has 0 bridgehead atoms. The van der Waals surface area contributed by atoms with Gasteiger partial charge in [-0.15, -0.1) is 0 Å². The summed E-state index contributed by atoms with van der Waals surface area (Å²) in [4.78, 5) is 3.71. The van der Waals surface area contributed by atoms with Gasteiger partial charge in [0, 0.05) is 11.8 Å². The Morgan fingerprint density at radius 2 is 2.00 bits per heavy atom. The molecule has 0 N–H and O–H groups in total. The van der Waals surface area contributed by atoms with Gasteiger partial charge in [0.1, 0.15) is 11.2 Å². The summed E-state index contributed by atoms with van der Waals surface area (Å²) in [5.74, 6) is 0. The van der Waals surface area contributed by atoms with Gasteiger partial charge in [-0.2, -0.15) is 5.26 Å². The fraction of sp³-hybridized carbons (Fsp3) is 0.143. The molecule has 0 unspecified atom stereocenters. The Morgan fingerprint density at radius 3 is 2.46 bits per heavy atom. The fourth-order valence-electron chi connectivity index (χ4n) is 0.682. The van der Waals surface area contributed by atoms with E-state index in [1.807, 2.05) is 6.07 Å². The number of pyridine rings is 1. The SMILES string of the molecule is N#Cc1cc(C(Cl)(Cl)Cl)cnc1Cl. The van der Waals surface area contributed by atoms with E-state index < -0.39 is 3.79 Å². The number of aromatic nitrogens is 1. The number of nitrogens with zero attached hydrogens (tertiary/aromatic N) is 2. The second kappa shape index (κ2) is 3.89. The van der Waals surface area contributed by atoms with Gasteiger partial charge in [-0.25, -0.2) is 4.98 Å². The van der Waals surface area contributed by atoms with E-state index in [1.165, 1.54) is 12.3 Å². The molecule has 1 rings (SSSR count). The fourth-order valence-corrected chi connectivity index (χ4v) is 1.14. The maximum atomic E-state index is 8.60. The van der Waals surface area contributed by atoms with Gasteiger partial charge < -0.3 is 0 Å². The largest absolute Gasteiger partial charge is 0.243 e. The lowest BCUT2D eigenvalue weighted by molar-refractivity contribution is 1.16. The molecule has 1 heterocycles. The Kier molecular flexibility index (Phi) is 3.26. The van der Waals surface area contributed by atoms with Crippen LogP contribution in [0.3, 0.4) is 0 Å². The van der Waals surface area contributed by atoms with E-state index in [9.17, 15) is 0 Å². The van der Waals surface area contributed by atoms with Crippen LogP contribution in [0.4, 0.5) is 0 Å². The molecule has 0 fully saturated rings. The average Bonchev–Trinajstić information content (AvgIpc) is 2.03. The summed E-state index contributed by atoms with van der Waals surface area (Å²) in [5.41, 5.74) is 0.504. The van der Waals surface area contributed by atoms with Crippen molar-refractivity contribution in [2.45, 2.75) is 3.79 Å². The Bertz CT molecular complexity index is 364. The van der Waals surface area contributed by atoms with Crippen LogP contribution in [0.15, 0.2) is 12.3 Å². The minimum absolute atomic E-state index is 0.0977. The third-order valence-corrected chi connectivity index (χ3v) is 2.24. The van der Waals surface area contributed by atoms with E-state index in [2.05, 4.69) is 4.98 Å². The van der Waals surface area contributed by atoms with E-state index in [-0.39, 0.29) is 10.7 Å². The number of nitriles is 1. The summed E-state index contributed by atoms with van der Waals surface area (Å²) in [6, 6.07) is 3.23. The molecule has 0 aliphatic heterocycles. The third kappa shape index (κ3) is 2.62. The van der Waals surface area contributed by atoms with Crippen molar-refractivity contribution < 1.29 is 0 Å². The summed E-state index contributed by atoms with van der Waals surface area (Å²) in [5, 5.41) is 8.70. The molecule has 0 radical (unpaired) electrons. The summed E-state index contributed by atoms with van der Waals surface area (Å²) >= 11 is 22.3. The second-order valence-corrected chi connectivity index (χ2v) is 4.81. The highest BCUT2D eigenvalue weighted by Gasteiger charge is 2.24. The topological polar surface area (TPSA) is 36.7 Å². The molecule has 0 aromatic carbocycles. The van der Waals surface area contributed by atoms with Gasteiger partial charge in [0.05, 0.1) is 5.56 Å². The molecule has 68 valence electrons. The zero-order chi connectivity index (χ0) is 10.1. The number of halogens is 4. The lowest BCUT2D eigenvalue weighted by atomic mass is 10.2. The number of hydrogen-bond donors (Lipinski definition) is 0. The molecular formula is C7H2Cl4N2. The second-order valence-electron chi connectivity index (χ2n) is 2.17. The quantitative estimate of drug-likeness (QED) is 0.526. The molecular weight excluding hydrogens is 254 g/mol. The van der Waals surface area contributed by atoms with Crippen molar-refractivity contribution >= 4 is 46.4 Å². The lowest BCUT2D eigenvalue weighted by Crippen LogP contribution is -2.01. The van der Waals surface area contributed by atoms with Crippen LogP contribution >= 0.6 is 46.4 Å². The van der Waals surface area contributed by atoms with Gasteiger partial charge in [0.15, 0.2) is 0 Å². The molecule has 0 saturated carbocycles. The molecule has 0 aliphatic rings. The van der Waals surface area contributed by atoms with Gasteiger partial charge in [-0.3, -0.25) is 0 Å². The van der Waals surface area contributed by atoms with Gasteiger partial charge in [0.25, 0.3) is 0 Å². The molecule has 2 nitrogen and oxygen atoms in total. The predicted octanol–water partition coefficient (Wildman–Crippen LogP) is 3.43. The molecule has 1 aromatic heterocycles. The minimum Gasteiger partial charge on any atom is -0.243 e. The number of alkyl halides is 3. The van der Waals surface area contributed by atoms with Crippen molar-refractivity contribution in [1.82, 2.24) is 4.98 Å². The first-order valence-electron chi connectivity index (χ1n) is 3.08. The first-order chi connectivity index (χ1) is 5.95. The van der Waals surface area contributed by atoms with Crippen LogP contribution in [0.5, 0.6) is 0 Å². The molecule has 0 amide bonds. The van der Waals surface area contributed by atoms with Gasteiger partial charge >= 0.3 is 0 Å². The van der Waals surface area contributed by atoms with E-state index >= 15 is 0 Å². The van der Waals surface area contributed by atoms with Crippen molar-refractivity contribution in [3.05, 3.63) is 28.5 Å². The smallest absolute Gasteiger partial charge is 0.217 e. The minimum atomic E-state index is -1.58.